The number of urea groups is 1. The minimum absolute atomic E-state index is 0.0170. The maximum atomic E-state index is 13.2. The first kappa shape index (κ1) is 38.3. The highest BCUT2D eigenvalue weighted by atomic mass is 35.5. The highest BCUT2D eigenvalue weighted by molar-refractivity contribution is 6.39. The molecule has 0 unspecified atom stereocenters. The molecule has 0 spiro atoms. The lowest BCUT2D eigenvalue weighted by molar-refractivity contribution is 0.0952. The van der Waals surface area contributed by atoms with Gasteiger partial charge < -0.3 is 35.8 Å². The molecule has 4 rings (SSSR count). The number of aliphatic hydroxyl groups excluding tert-OH is 2. The fraction of sp³-hybridized carbons (Fsp3) is 0.343. The van der Waals surface area contributed by atoms with Crippen LogP contribution in [0.4, 0.5) is 16.2 Å². The van der Waals surface area contributed by atoms with E-state index in [1.807, 2.05) is 31.3 Å². The summed E-state index contributed by atoms with van der Waals surface area (Å²) >= 11 is 12.3. The van der Waals surface area contributed by atoms with Gasteiger partial charge in [-0.3, -0.25) is 14.6 Å². The van der Waals surface area contributed by atoms with Gasteiger partial charge in [0.2, 0.25) is 0 Å². The van der Waals surface area contributed by atoms with E-state index >= 15 is 0 Å². The molecule has 13 nitrogen and oxygen atoms in total. The monoisotopic (exact) mass is 725 g/mol. The maximum Gasteiger partial charge on any atom is 0.323 e. The van der Waals surface area contributed by atoms with Gasteiger partial charge in [-0.15, -0.1) is 0 Å². The lowest BCUT2D eigenvalue weighted by Crippen LogP contribution is -2.29. The minimum atomic E-state index is -0.734. The highest BCUT2D eigenvalue weighted by Gasteiger charge is 2.16. The predicted octanol–water partition coefficient (Wildman–Crippen LogP) is 5.14. The van der Waals surface area contributed by atoms with E-state index < -0.39 is 11.6 Å². The van der Waals surface area contributed by atoms with Gasteiger partial charge in [-0.1, -0.05) is 47.8 Å². The van der Waals surface area contributed by atoms with Crippen molar-refractivity contribution >= 4 is 46.5 Å². The summed E-state index contributed by atoms with van der Waals surface area (Å²) in [6, 6.07) is 13.3. The van der Waals surface area contributed by atoms with Crippen LogP contribution >= 0.6 is 23.2 Å². The molecule has 0 fully saturated rings. The molecule has 0 aliphatic rings. The summed E-state index contributed by atoms with van der Waals surface area (Å²) in [4.78, 5) is 45.1. The lowest BCUT2D eigenvalue weighted by atomic mass is 9.99. The molecular weight excluding hydrogens is 685 g/mol. The van der Waals surface area contributed by atoms with Crippen LogP contribution in [0.5, 0.6) is 5.75 Å². The number of nitrogens with one attached hydrogen (secondary N) is 3. The van der Waals surface area contributed by atoms with Crippen LogP contribution in [0.2, 0.25) is 10.0 Å². The van der Waals surface area contributed by atoms with Gasteiger partial charge in [0.25, 0.3) is 11.5 Å². The summed E-state index contributed by atoms with van der Waals surface area (Å²) < 4.78 is 6.95. The van der Waals surface area contributed by atoms with Crippen LogP contribution in [0, 0.1) is 0 Å². The number of rotatable bonds is 17. The largest absolute Gasteiger partial charge is 0.491 e. The van der Waals surface area contributed by atoms with Crippen molar-refractivity contribution in [1.29, 1.82) is 0 Å². The van der Waals surface area contributed by atoms with Crippen LogP contribution in [0.25, 0.3) is 22.4 Å². The normalized spacial score (nSPS) is 11.0. The number of anilines is 2. The van der Waals surface area contributed by atoms with Crippen molar-refractivity contribution in [3.05, 3.63) is 86.9 Å². The molecule has 0 radical (unpaired) electrons. The summed E-state index contributed by atoms with van der Waals surface area (Å²) in [6.45, 7) is 4.01. The molecular formula is C35H41Cl2N7O6. The second kappa shape index (κ2) is 19.0. The van der Waals surface area contributed by atoms with Crippen LogP contribution in [0.15, 0.2) is 65.7 Å². The smallest absolute Gasteiger partial charge is 0.323 e. The molecule has 0 aliphatic heterocycles. The Kier molecular flexibility index (Phi) is 14.6. The van der Waals surface area contributed by atoms with Gasteiger partial charge in [0.05, 0.1) is 34.6 Å². The molecule has 2 aromatic heterocycles. The minimum Gasteiger partial charge on any atom is -0.491 e. The number of carbonyl (C=O) groups excluding carboxylic acids is 2. The predicted molar refractivity (Wildman–Crippen MR) is 195 cm³/mol. The first-order valence-electron chi connectivity index (χ1n) is 16.2. The number of hydrogen-bond donors (Lipinski definition) is 5. The molecule has 266 valence electrons. The van der Waals surface area contributed by atoms with E-state index in [1.165, 1.54) is 23.1 Å². The fourth-order valence-corrected chi connectivity index (χ4v) is 5.52. The summed E-state index contributed by atoms with van der Waals surface area (Å²) in [7, 11) is 1.96. The number of nitrogens with zero attached hydrogens (tertiary/aromatic N) is 4. The zero-order valence-electron chi connectivity index (χ0n) is 27.9. The first-order valence-corrected chi connectivity index (χ1v) is 16.9. The topological polar surface area (TPSA) is 171 Å². The summed E-state index contributed by atoms with van der Waals surface area (Å²) in [6.07, 6.45) is 5.37. The van der Waals surface area contributed by atoms with Crippen molar-refractivity contribution in [2.75, 3.05) is 57.1 Å². The number of likely N-dealkylation sites (N-methyl/N-ethyl adjacent to an activating group) is 1. The van der Waals surface area contributed by atoms with Crippen molar-refractivity contribution in [3.63, 3.8) is 0 Å². The van der Waals surface area contributed by atoms with E-state index in [4.69, 9.17) is 33.0 Å². The molecule has 4 aromatic rings. The Morgan fingerprint density at radius 3 is 2.40 bits per heavy atom. The summed E-state index contributed by atoms with van der Waals surface area (Å²) in [5.74, 6) is 0.165. The number of ether oxygens (including phenoxy) is 1. The van der Waals surface area contributed by atoms with Crippen molar-refractivity contribution in [1.82, 2.24) is 25.0 Å². The van der Waals surface area contributed by atoms with Gasteiger partial charge in [-0.2, -0.15) is 5.10 Å². The van der Waals surface area contributed by atoms with E-state index in [2.05, 4.69) is 30.9 Å². The summed E-state index contributed by atoms with van der Waals surface area (Å²) in [5, 5.41) is 31.3. The van der Waals surface area contributed by atoms with Gasteiger partial charge in [0.15, 0.2) is 0 Å². The van der Waals surface area contributed by atoms with E-state index in [9.17, 15) is 19.5 Å². The Morgan fingerprint density at radius 2 is 1.68 bits per heavy atom. The van der Waals surface area contributed by atoms with Crippen LogP contribution in [0.3, 0.4) is 0 Å². The number of benzene rings is 2. The van der Waals surface area contributed by atoms with Crippen LogP contribution in [0.1, 0.15) is 36.5 Å². The standard InChI is InChI=1S/C35H41Cl2N7O6/c1-3-44-34(48)31(40-35(49)41-32-28(36)21-38-22-29(32)37)20-30(42-44)24-9-7-8-23(16-24)25-17-26(19-27(18-25)50-15-14-46)33(47)39-10-5-4-6-11-43(2)12-13-45/h7-9,16-22,45-46H,3-6,10-15H2,1-2H3,(H,39,47)(H2,38,40,41,49). The molecule has 0 saturated heterocycles. The number of aryl methyl sites for hydroxylation is 1. The molecule has 15 heteroatoms. The molecule has 50 heavy (non-hydrogen) atoms. The molecule has 5 N–H and O–H groups in total. The highest BCUT2D eigenvalue weighted by Crippen LogP contribution is 2.31. The molecule has 0 bridgehead atoms. The Labute approximate surface area is 300 Å². The Bertz CT molecular complexity index is 1820. The van der Waals surface area contributed by atoms with Crippen molar-refractivity contribution in [2.24, 2.45) is 0 Å². The van der Waals surface area contributed by atoms with Gasteiger partial charge in [0, 0.05) is 43.2 Å². The zero-order chi connectivity index (χ0) is 36.0. The Balaban J connectivity index is 1.56. The van der Waals surface area contributed by atoms with Crippen molar-refractivity contribution < 1.29 is 24.5 Å². The molecule has 3 amide bonds. The zero-order valence-corrected chi connectivity index (χ0v) is 29.4. The van der Waals surface area contributed by atoms with Crippen LogP contribution in [-0.2, 0) is 6.54 Å². The van der Waals surface area contributed by atoms with E-state index in [0.29, 0.717) is 41.2 Å². The maximum absolute atomic E-state index is 13.2. The molecule has 2 aromatic carbocycles. The fourth-order valence-electron chi connectivity index (χ4n) is 5.06. The second-order valence-corrected chi connectivity index (χ2v) is 12.2. The molecule has 0 aliphatic carbocycles. The lowest BCUT2D eigenvalue weighted by Gasteiger charge is -2.15. The summed E-state index contributed by atoms with van der Waals surface area (Å²) in [5.41, 5.74) is 2.51. The Morgan fingerprint density at radius 1 is 0.920 bits per heavy atom. The second-order valence-electron chi connectivity index (χ2n) is 11.4. The SMILES string of the molecule is CCn1nc(-c2cccc(-c3cc(OCCO)cc(C(=O)NCCCCCN(C)CCO)c3)c2)cc(NC(=O)Nc2c(Cl)cncc2Cl)c1=O. The van der Waals surface area contributed by atoms with Crippen molar-refractivity contribution in [3.8, 4) is 28.1 Å². The van der Waals surface area contributed by atoms with Crippen LogP contribution in [-0.4, -0.2) is 88.3 Å². The number of carbonyl (C=O) groups is 2. The Hall–Kier alpha value is -4.53. The van der Waals surface area contributed by atoms with Gasteiger partial charge >= 0.3 is 6.03 Å². The molecule has 0 saturated carbocycles. The average Bonchev–Trinajstić information content (AvgIpc) is 3.11. The average molecular weight is 727 g/mol. The number of hydrogen-bond acceptors (Lipinski definition) is 9. The third-order valence-electron chi connectivity index (χ3n) is 7.62. The van der Waals surface area contributed by atoms with Crippen molar-refractivity contribution in [2.45, 2.75) is 32.7 Å². The van der Waals surface area contributed by atoms with Crippen LogP contribution < -0.4 is 26.2 Å². The molecule has 0 atom stereocenters. The first-order chi connectivity index (χ1) is 24.1. The molecule has 2 heterocycles. The number of unbranched alkanes of at least 4 members (excludes halogenated alkanes) is 2. The van der Waals surface area contributed by atoms with Gasteiger partial charge in [0.1, 0.15) is 18.0 Å². The van der Waals surface area contributed by atoms with Gasteiger partial charge in [-0.05, 0) is 74.8 Å². The van der Waals surface area contributed by atoms with E-state index in [-0.39, 0.29) is 53.7 Å². The number of aliphatic hydroxyl groups is 2. The third-order valence-corrected chi connectivity index (χ3v) is 8.19. The third kappa shape index (κ3) is 10.7. The number of amides is 3. The van der Waals surface area contributed by atoms with E-state index in [0.717, 1.165) is 31.4 Å². The number of halogens is 2. The number of aromatic nitrogens is 3. The quantitative estimate of drug-likeness (QED) is 0.0925. The van der Waals surface area contributed by atoms with Gasteiger partial charge in [-0.25, -0.2) is 9.48 Å². The van der Waals surface area contributed by atoms with E-state index in [1.54, 1.807) is 25.1 Å². The number of pyridine rings is 1.